The molecule has 0 aliphatic rings. The normalized spacial score (nSPS) is 15.4. The van der Waals surface area contributed by atoms with Gasteiger partial charge in [-0.15, -0.1) is 0 Å². The molecule has 11 heteroatoms. The third-order valence-electron chi connectivity index (χ3n) is 1.73. The quantitative estimate of drug-likeness (QED) is 0.410. The zero-order valence-electron chi connectivity index (χ0n) is 8.01. The molecular formula is C5H10F7N3Si. The molecule has 0 rings (SSSR count). The van der Waals surface area contributed by atoms with E-state index in [2.05, 4.69) is 0 Å². The molecule has 0 radical (unpaired) electrons. The summed E-state index contributed by atoms with van der Waals surface area (Å²) < 4.78 is 85.1. The van der Waals surface area contributed by atoms with Crippen molar-refractivity contribution in [3.63, 3.8) is 0 Å². The first kappa shape index (κ1) is 15.6. The first-order chi connectivity index (χ1) is 6.77. The van der Waals surface area contributed by atoms with Gasteiger partial charge in [-0.1, -0.05) is 6.92 Å². The molecule has 0 bridgehead atoms. The molecule has 0 fully saturated rings. The minimum Gasteiger partial charge on any atom is -0.327 e. The Kier molecular flexibility index (Phi) is 4.02. The lowest BCUT2D eigenvalue weighted by atomic mass is 10.3. The highest BCUT2D eigenvalue weighted by atomic mass is 28.4. The van der Waals surface area contributed by atoms with Crippen LogP contribution in [0, 0.1) is 0 Å². The van der Waals surface area contributed by atoms with E-state index < -0.39 is 26.7 Å². The van der Waals surface area contributed by atoms with Crippen LogP contribution in [0.4, 0.5) is 30.7 Å². The van der Waals surface area contributed by atoms with E-state index in [4.69, 9.17) is 10.8 Å². The predicted molar refractivity (Wildman–Crippen MR) is 43.7 cm³/mol. The van der Waals surface area contributed by atoms with E-state index in [9.17, 15) is 30.7 Å². The van der Waals surface area contributed by atoms with Gasteiger partial charge in [0.2, 0.25) is 0 Å². The molecule has 0 aliphatic carbocycles. The van der Waals surface area contributed by atoms with Crippen molar-refractivity contribution in [3.05, 3.63) is 0 Å². The number of nitrogens with one attached hydrogen (secondary N) is 1. The molecule has 0 aliphatic heterocycles. The smallest absolute Gasteiger partial charge is 0.327 e. The van der Waals surface area contributed by atoms with Crippen molar-refractivity contribution in [1.29, 1.82) is 0 Å². The fourth-order valence-corrected chi connectivity index (χ4v) is 1.56. The molecular weight excluding hydrogens is 263 g/mol. The van der Waals surface area contributed by atoms with Crippen LogP contribution in [0.1, 0.15) is 6.92 Å². The van der Waals surface area contributed by atoms with Gasteiger partial charge in [0.1, 0.15) is 0 Å². The summed E-state index contributed by atoms with van der Waals surface area (Å²) in [6.07, 6.45) is -6.39. The topological polar surface area (TPSA) is 64.1 Å². The minimum absolute atomic E-state index is 0.337. The minimum atomic E-state index is -6.39. The van der Waals surface area contributed by atoms with Crippen LogP contribution < -0.4 is 15.8 Å². The summed E-state index contributed by atoms with van der Waals surface area (Å²) in [5.41, 5.74) is 0. The standard InChI is InChI=1S/C5H10F7N3Si/c1-2-16(13,14)15-5(11,12)3(6,7)4(8,9)10/h15H,2,13-14H2,1H3. The van der Waals surface area contributed by atoms with Gasteiger partial charge in [0.15, 0.2) is 0 Å². The van der Waals surface area contributed by atoms with Gasteiger partial charge in [0.25, 0.3) is 8.56 Å². The summed E-state index contributed by atoms with van der Waals surface area (Å²) in [6, 6.07) is -5.87. The van der Waals surface area contributed by atoms with Crippen LogP contribution in [0.5, 0.6) is 0 Å². The number of nitrogens with two attached hydrogens (primary N) is 2. The van der Waals surface area contributed by atoms with Crippen LogP contribution in [-0.4, -0.2) is 26.7 Å². The number of alkyl halides is 7. The average Bonchev–Trinajstić information content (AvgIpc) is 2.00. The molecule has 0 atom stereocenters. The molecule has 0 aromatic carbocycles. The molecule has 3 nitrogen and oxygen atoms in total. The third-order valence-corrected chi connectivity index (χ3v) is 3.67. The molecule has 0 aromatic heterocycles. The van der Waals surface area contributed by atoms with Gasteiger partial charge >= 0.3 is 18.1 Å². The number of halogens is 7. The molecule has 0 saturated heterocycles. The van der Waals surface area contributed by atoms with E-state index in [1.165, 1.54) is 6.92 Å². The summed E-state index contributed by atoms with van der Waals surface area (Å²) >= 11 is 0. The van der Waals surface area contributed by atoms with Crippen LogP contribution in [0.2, 0.25) is 6.04 Å². The Hall–Kier alpha value is -0.393. The van der Waals surface area contributed by atoms with Crippen LogP contribution in [0.25, 0.3) is 0 Å². The van der Waals surface area contributed by atoms with Gasteiger partial charge in [-0.25, -0.2) is 4.98 Å². The second kappa shape index (κ2) is 4.12. The van der Waals surface area contributed by atoms with E-state index in [1.54, 1.807) is 0 Å². The zero-order valence-corrected chi connectivity index (χ0v) is 9.01. The molecule has 0 unspecified atom stereocenters. The maximum Gasteiger partial charge on any atom is 0.461 e. The second-order valence-corrected chi connectivity index (χ2v) is 6.20. The Morgan fingerprint density at radius 3 is 1.62 bits per heavy atom. The lowest BCUT2D eigenvalue weighted by Gasteiger charge is -2.33. The van der Waals surface area contributed by atoms with Crippen molar-refractivity contribution >= 4 is 8.56 Å². The molecule has 16 heavy (non-hydrogen) atoms. The monoisotopic (exact) mass is 273 g/mol. The van der Waals surface area contributed by atoms with Crippen LogP contribution in [0.15, 0.2) is 0 Å². The highest BCUT2D eigenvalue weighted by Crippen LogP contribution is 2.45. The maximum atomic E-state index is 12.7. The van der Waals surface area contributed by atoms with Crippen LogP contribution in [0.3, 0.4) is 0 Å². The number of hydrogen-bond donors (Lipinski definition) is 3. The molecule has 0 aromatic rings. The van der Waals surface area contributed by atoms with Gasteiger partial charge in [-0.05, 0) is 6.04 Å². The Morgan fingerprint density at radius 1 is 1.00 bits per heavy atom. The number of hydrogen-bond acceptors (Lipinski definition) is 3. The Bertz CT molecular complexity index is 251. The van der Waals surface area contributed by atoms with E-state index in [-0.39, 0.29) is 6.04 Å². The van der Waals surface area contributed by atoms with Crippen LogP contribution in [-0.2, 0) is 0 Å². The Balaban J connectivity index is 5.07. The third kappa shape index (κ3) is 3.05. The second-order valence-electron chi connectivity index (χ2n) is 3.17. The Morgan fingerprint density at radius 2 is 1.38 bits per heavy atom. The fraction of sp³-hybridized carbons (Fsp3) is 1.00. The fourth-order valence-electron chi connectivity index (χ4n) is 0.637. The number of rotatable bonds is 4. The predicted octanol–water partition coefficient (Wildman–Crippen LogP) is 1.24. The van der Waals surface area contributed by atoms with E-state index >= 15 is 0 Å². The highest BCUT2D eigenvalue weighted by molar-refractivity contribution is 6.71. The summed E-state index contributed by atoms with van der Waals surface area (Å²) in [4.78, 5) is 0.720. The van der Waals surface area contributed by atoms with E-state index in [0.29, 0.717) is 0 Å². The van der Waals surface area contributed by atoms with Crippen molar-refractivity contribution < 1.29 is 30.7 Å². The Labute approximate surface area is 87.2 Å². The van der Waals surface area contributed by atoms with Crippen molar-refractivity contribution in [1.82, 2.24) is 4.98 Å². The first-order valence-electron chi connectivity index (χ1n) is 3.96. The van der Waals surface area contributed by atoms with Crippen molar-refractivity contribution in [2.75, 3.05) is 0 Å². The largest absolute Gasteiger partial charge is 0.461 e. The average molecular weight is 273 g/mol. The van der Waals surface area contributed by atoms with Gasteiger partial charge in [-0.2, -0.15) is 30.7 Å². The lowest BCUT2D eigenvalue weighted by Crippen LogP contribution is -2.76. The van der Waals surface area contributed by atoms with Gasteiger partial charge in [0, 0.05) is 0 Å². The van der Waals surface area contributed by atoms with Crippen molar-refractivity contribution in [2.45, 2.75) is 31.1 Å². The summed E-state index contributed by atoms with van der Waals surface area (Å²) in [5, 5.41) is 9.93. The van der Waals surface area contributed by atoms with Gasteiger partial charge < -0.3 is 10.8 Å². The van der Waals surface area contributed by atoms with Crippen LogP contribution >= 0.6 is 0 Å². The van der Waals surface area contributed by atoms with Crippen molar-refractivity contribution in [3.8, 4) is 0 Å². The van der Waals surface area contributed by atoms with Gasteiger partial charge in [-0.3, -0.25) is 0 Å². The van der Waals surface area contributed by atoms with E-state index in [0.717, 1.165) is 4.98 Å². The first-order valence-corrected chi connectivity index (χ1v) is 6.32. The van der Waals surface area contributed by atoms with E-state index in [1.807, 2.05) is 0 Å². The lowest BCUT2D eigenvalue weighted by molar-refractivity contribution is -0.358. The summed E-state index contributed by atoms with van der Waals surface area (Å²) in [7, 11) is -3.98. The summed E-state index contributed by atoms with van der Waals surface area (Å²) in [5.74, 6) is -6.23. The molecule has 0 saturated carbocycles. The van der Waals surface area contributed by atoms with Crippen molar-refractivity contribution in [2.24, 2.45) is 10.8 Å². The molecule has 98 valence electrons. The zero-order chi connectivity index (χ0) is 13.4. The molecule has 0 spiro atoms. The molecule has 5 N–H and O–H groups in total. The van der Waals surface area contributed by atoms with Gasteiger partial charge in [0.05, 0.1) is 0 Å². The summed E-state index contributed by atoms with van der Waals surface area (Å²) in [6.45, 7) is 1.20. The SMILES string of the molecule is CC[Si](N)(N)NC(F)(F)C(F)(F)C(F)(F)F. The maximum absolute atomic E-state index is 12.7. The molecule has 0 heterocycles. The molecule has 0 amide bonds. The highest BCUT2D eigenvalue weighted by Gasteiger charge is 2.74.